The number of hydrogen-bond acceptors (Lipinski definition) is 2. The molecule has 1 atom stereocenters. The number of amides is 1. The van der Waals surface area contributed by atoms with Crippen LogP contribution in [-0.2, 0) is 17.6 Å². The Kier molecular flexibility index (Phi) is 7.06. The Bertz CT molecular complexity index is 1220. The van der Waals surface area contributed by atoms with Crippen molar-refractivity contribution in [2.75, 3.05) is 31.5 Å². The monoisotopic (exact) mass is 491 g/mol. The molecule has 36 heavy (non-hydrogen) atoms. The molecule has 0 spiro atoms. The van der Waals surface area contributed by atoms with Gasteiger partial charge in [-0.05, 0) is 41.8 Å². The van der Waals surface area contributed by atoms with Crippen molar-refractivity contribution in [3.05, 3.63) is 101 Å². The maximum atomic E-state index is 15.1. The van der Waals surface area contributed by atoms with Crippen LogP contribution in [0.4, 0.5) is 19.3 Å². The van der Waals surface area contributed by atoms with Crippen LogP contribution in [0.2, 0.25) is 0 Å². The molecular formula is C30H33F2N2O2+. The maximum absolute atomic E-state index is 15.1. The maximum Gasteiger partial charge on any atom is 0.412 e. The van der Waals surface area contributed by atoms with Crippen LogP contribution in [0, 0.1) is 24.5 Å². The predicted octanol–water partition coefficient (Wildman–Crippen LogP) is 6.26. The second-order valence-corrected chi connectivity index (χ2v) is 10.4. The van der Waals surface area contributed by atoms with Gasteiger partial charge in [0.25, 0.3) is 0 Å². The molecule has 3 aliphatic heterocycles. The van der Waals surface area contributed by atoms with Gasteiger partial charge in [-0.25, -0.2) is 13.6 Å². The lowest BCUT2D eigenvalue weighted by Gasteiger charge is -2.52. The lowest BCUT2D eigenvalue weighted by molar-refractivity contribution is -0.945. The van der Waals surface area contributed by atoms with Crippen molar-refractivity contribution in [1.82, 2.24) is 0 Å². The first kappa shape index (κ1) is 24.4. The average Bonchev–Trinajstić information content (AvgIpc) is 2.87. The lowest BCUT2D eigenvalue weighted by atomic mass is 9.83. The number of aryl methyl sites for hydroxylation is 1. The lowest BCUT2D eigenvalue weighted by Crippen LogP contribution is -2.65. The van der Waals surface area contributed by atoms with Crippen LogP contribution in [0.5, 0.6) is 0 Å². The highest BCUT2D eigenvalue weighted by Gasteiger charge is 2.47. The zero-order chi connectivity index (χ0) is 25.1. The summed E-state index contributed by atoms with van der Waals surface area (Å²) in [6, 6.07) is 19.6. The van der Waals surface area contributed by atoms with Crippen molar-refractivity contribution in [1.29, 1.82) is 0 Å². The number of rotatable bonds is 7. The van der Waals surface area contributed by atoms with Gasteiger partial charge in [0.1, 0.15) is 18.2 Å². The summed E-state index contributed by atoms with van der Waals surface area (Å²) in [7, 11) is 0. The number of nitrogens with one attached hydrogen (secondary N) is 1. The molecule has 6 rings (SSSR count). The van der Waals surface area contributed by atoms with Crippen LogP contribution in [0.15, 0.2) is 66.7 Å². The van der Waals surface area contributed by atoms with Crippen molar-refractivity contribution in [3.63, 3.8) is 0 Å². The van der Waals surface area contributed by atoms with E-state index in [1.165, 1.54) is 29.3 Å². The summed E-state index contributed by atoms with van der Waals surface area (Å²) in [4.78, 5) is 12.8. The summed E-state index contributed by atoms with van der Waals surface area (Å²) < 4.78 is 35.2. The molecule has 188 valence electrons. The van der Waals surface area contributed by atoms with Gasteiger partial charge in [-0.15, -0.1) is 0 Å². The minimum atomic E-state index is -0.608. The number of benzene rings is 3. The number of anilines is 1. The molecule has 3 aliphatic rings. The van der Waals surface area contributed by atoms with Gasteiger partial charge in [-0.3, -0.25) is 5.32 Å². The van der Waals surface area contributed by atoms with Crippen LogP contribution >= 0.6 is 0 Å². The van der Waals surface area contributed by atoms with E-state index in [4.69, 9.17) is 4.74 Å². The Hall–Kier alpha value is -3.25. The third kappa shape index (κ3) is 5.59. The quantitative estimate of drug-likeness (QED) is 0.396. The second kappa shape index (κ2) is 10.4. The highest BCUT2D eigenvalue weighted by molar-refractivity contribution is 5.85. The second-order valence-electron chi connectivity index (χ2n) is 10.4. The number of carbonyl (C=O) groups is 1. The van der Waals surface area contributed by atoms with E-state index in [1.807, 2.05) is 0 Å². The first-order valence-corrected chi connectivity index (χ1v) is 12.8. The largest absolute Gasteiger partial charge is 0.440 e. The van der Waals surface area contributed by atoms with Crippen molar-refractivity contribution in [3.8, 4) is 0 Å². The first-order chi connectivity index (χ1) is 17.4. The molecule has 3 saturated heterocycles. The summed E-state index contributed by atoms with van der Waals surface area (Å²) in [6.07, 6.45) is 2.65. The van der Waals surface area contributed by atoms with E-state index in [0.717, 1.165) is 55.5 Å². The molecule has 0 aromatic heterocycles. The van der Waals surface area contributed by atoms with E-state index in [2.05, 4.69) is 36.5 Å². The van der Waals surface area contributed by atoms with E-state index in [1.54, 1.807) is 24.3 Å². The number of fused-ring (bicyclic) bond motifs is 3. The van der Waals surface area contributed by atoms with Crippen molar-refractivity contribution in [2.45, 2.75) is 38.7 Å². The van der Waals surface area contributed by atoms with Gasteiger partial charge in [0.2, 0.25) is 0 Å². The molecule has 0 saturated carbocycles. The van der Waals surface area contributed by atoms with Gasteiger partial charge in [-0.1, -0.05) is 54.1 Å². The number of ether oxygens (including phenoxy) is 1. The molecule has 0 unspecified atom stereocenters. The fourth-order valence-electron chi connectivity index (χ4n) is 5.81. The highest BCUT2D eigenvalue weighted by atomic mass is 19.1. The standard InChI is InChI=1S/C30H32F2N2O2/c1-21-4-2-5-22(18-21)12-15-34-16-13-24(14-17-34)28(20-34)36-30(35)33-27-7-3-6-25(29(27)32)19-23-8-10-26(31)11-9-23/h2-11,18,24,28H,12-17,19-20H2,1H3/p+1/t24?,28-,34?/m0/s1. The van der Waals surface area contributed by atoms with Gasteiger partial charge in [-0.2, -0.15) is 0 Å². The summed E-state index contributed by atoms with van der Waals surface area (Å²) in [5.41, 5.74) is 3.95. The SMILES string of the molecule is Cc1cccc(CC[N+]23CCC(CC2)[C@@H](OC(=O)Nc2cccc(Cc4ccc(F)cc4)c2F)C3)c1. The minimum absolute atomic E-state index is 0.101. The van der Waals surface area contributed by atoms with Crippen LogP contribution in [-0.4, -0.2) is 42.9 Å². The van der Waals surface area contributed by atoms with Crippen LogP contribution in [0.25, 0.3) is 0 Å². The zero-order valence-corrected chi connectivity index (χ0v) is 20.7. The van der Waals surface area contributed by atoms with Crippen LogP contribution < -0.4 is 5.32 Å². The summed E-state index contributed by atoms with van der Waals surface area (Å²) >= 11 is 0. The third-order valence-corrected chi connectivity index (χ3v) is 7.88. The molecule has 4 nitrogen and oxygen atoms in total. The molecule has 1 N–H and O–H groups in total. The van der Waals surface area contributed by atoms with Crippen molar-refractivity contribution < 1.29 is 22.8 Å². The zero-order valence-electron chi connectivity index (χ0n) is 20.7. The number of piperidine rings is 3. The van der Waals surface area contributed by atoms with E-state index in [9.17, 15) is 9.18 Å². The first-order valence-electron chi connectivity index (χ1n) is 12.8. The Balaban J connectivity index is 1.20. The summed E-state index contributed by atoms with van der Waals surface area (Å²) in [5, 5.41) is 2.63. The van der Waals surface area contributed by atoms with Crippen LogP contribution in [0.1, 0.15) is 35.1 Å². The third-order valence-electron chi connectivity index (χ3n) is 7.88. The Morgan fingerprint density at radius 1 is 1.00 bits per heavy atom. The number of nitrogens with zero attached hydrogens (tertiary/aromatic N) is 1. The van der Waals surface area contributed by atoms with Gasteiger partial charge in [0.05, 0.1) is 25.3 Å². The van der Waals surface area contributed by atoms with Gasteiger partial charge in [0, 0.05) is 31.6 Å². The average molecular weight is 492 g/mol. The van der Waals surface area contributed by atoms with Gasteiger partial charge in [0.15, 0.2) is 6.10 Å². The summed E-state index contributed by atoms with van der Waals surface area (Å²) in [5.74, 6) is -0.455. The molecule has 6 heteroatoms. The molecule has 2 bridgehead atoms. The molecule has 3 aromatic rings. The van der Waals surface area contributed by atoms with E-state index >= 15 is 4.39 Å². The highest BCUT2D eigenvalue weighted by Crippen LogP contribution is 2.36. The van der Waals surface area contributed by atoms with Gasteiger partial charge < -0.3 is 9.22 Å². The van der Waals surface area contributed by atoms with E-state index < -0.39 is 11.9 Å². The smallest absolute Gasteiger partial charge is 0.412 e. The molecular weight excluding hydrogens is 458 g/mol. The molecule has 0 radical (unpaired) electrons. The number of carbonyl (C=O) groups excluding carboxylic acids is 1. The number of halogens is 2. The molecule has 3 aromatic carbocycles. The fraction of sp³-hybridized carbons (Fsp3) is 0.367. The molecule has 0 aliphatic carbocycles. The predicted molar refractivity (Wildman–Crippen MR) is 137 cm³/mol. The number of hydrogen-bond donors (Lipinski definition) is 1. The summed E-state index contributed by atoms with van der Waals surface area (Å²) in [6.45, 7) is 6.22. The molecule has 1 amide bonds. The number of quaternary nitrogens is 1. The van der Waals surface area contributed by atoms with E-state index in [0.29, 0.717) is 17.9 Å². The minimum Gasteiger partial charge on any atom is -0.440 e. The van der Waals surface area contributed by atoms with Gasteiger partial charge >= 0.3 is 6.09 Å². The molecule has 3 fully saturated rings. The topological polar surface area (TPSA) is 38.3 Å². The van der Waals surface area contributed by atoms with Crippen molar-refractivity contribution in [2.24, 2.45) is 5.92 Å². The normalized spacial score (nSPS) is 22.9. The van der Waals surface area contributed by atoms with Crippen molar-refractivity contribution >= 4 is 11.8 Å². The Morgan fingerprint density at radius 3 is 2.50 bits per heavy atom. The Morgan fingerprint density at radius 2 is 1.75 bits per heavy atom. The molecule has 3 heterocycles. The van der Waals surface area contributed by atoms with Crippen LogP contribution in [0.3, 0.4) is 0 Å². The Labute approximate surface area is 211 Å². The van der Waals surface area contributed by atoms with E-state index in [-0.39, 0.29) is 17.6 Å². The fourth-order valence-corrected chi connectivity index (χ4v) is 5.81.